The molecule has 0 aliphatic heterocycles. The molecule has 2 aromatic carbocycles. The number of hydrogen-bond donors (Lipinski definition) is 1. The van der Waals surface area contributed by atoms with Gasteiger partial charge in [-0.1, -0.05) is 30.3 Å². The summed E-state index contributed by atoms with van der Waals surface area (Å²) in [5, 5.41) is 7.32. The molecule has 1 N–H and O–H groups in total. The fourth-order valence-electron chi connectivity index (χ4n) is 2.77. The number of ether oxygens (including phenoxy) is 1. The van der Waals surface area contributed by atoms with Crippen LogP contribution in [0.3, 0.4) is 0 Å². The van der Waals surface area contributed by atoms with Gasteiger partial charge >= 0.3 is 5.97 Å². The third-order valence-corrected chi connectivity index (χ3v) is 4.23. The van der Waals surface area contributed by atoms with Gasteiger partial charge < -0.3 is 10.1 Å². The maximum Gasteiger partial charge on any atom is 0.359 e. The molecule has 0 saturated carbocycles. The molecule has 1 amide bonds. The number of carbonyl (C=O) groups is 2. The topological polar surface area (TPSA) is 90.3 Å². The first kappa shape index (κ1) is 19.2. The van der Waals surface area contributed by atoms with Crippen molar-refractivity contribution >= 4 is 22.6 Å². The first-order valence-electron chi connectivity index (χ1n) is 8.55. The van der Waals surface area contributed by atoms with E-state index in [9.17, 15) is 18.8 Å². The van der Waals surface area contributed by atoms with Gasteiger partial charge in [-0.3, -0.25) is 9.59 Å². The molecule has 0 aliphatic rings. The summed E-state index contributed by atoms with van der Waals surface area (Å²) in [4.78, 5) is 36.6. The van der Waals surface area contributed by atoms with Crippen molar-refractivity contribution in [3.63, 3.8) is 0 Å². The number of aryl methyl sites for hydroxylation is 1. The van der Waals surface area contributed by atoms with Crippen molar-refractivity contribution in [2.45, 2.75) is 13.0 Å². The highest BCUT2D eigenvalue weighted by Gasteiger charge is 2.18. The van der Waals surface area contributed by atoms with E-state index in [1.807, 2.05) is 0 Å². The number of fused-ring (bicyclic) bond motifs is 1. The lowest BCUT2D eigenvalue weighted by Crippen LogP contribution is -2.31. The highest BCUT2D eigenvalue weighted by molar-refractivity contribution is 6.02. The molecule has 0 unspecified atom stereocenters. The van der Waals surface area contributed by atoms with Gasteiger partial charge in [-0.05, 0) is 30.7 Å². The van der Waals surface area contributed by atoms with E-state index in [1.165, 1.54) is 19.2 Å². The van der Waals surface area contributed by atoms with E-state index in [1.54, 1.807) is 43.3 Å². The molecule has 144 valence electrons. The van der Waals surface area contributed by atoms with E-state index < -0.39 is 18.5 Å². The number of amides is 1. The number of esters is 1. The molecule has 1 atom stereocenters. The second kappa shape index (κ2) is 7.99. The lowest BCUT2D eigenvalue weighted by molar-refractivity contribution is -0.124. The Bertz CT molecular complexity index is 1090. The largest absolute Gasteiger partial charge is 0.451 e. The minimum Gasteiger partial charge on any atom is -0.451 e. The summed E-state index contributed by atoms with van der Waals surface area (Å²) < 4.78 is 19.1. The Hall–Kier alpha value is -3.55. The number of carbonyl (C=O) groups excluding carboxylic acids is 2. The second-order valence-corrected chi connectivity index (χ2v) is 6.24. The third kappa shape index (κ3) is 4.06. The number of benzene rings is 2. The standard InChI is InChI=1S/C20H18FN3O4/c1-12(13-7-9-14(21)10-8-13)22-17(25)11-28-20(27)18-15-5-3-4-6-16(15)19(26)24(2)23-18/h3-10,12H,11H2,1-2H3,(H,22,25)/t12-/m0/s1. The van der Waals surface area contributed by atoms with Gasteiger partial charge in [-0.15, -0.1) is 0 Å². The first-order valence-corrected chi connectivity index (χ1v) is 8.55. The Kier molecular flexibility index (Phi) is 5.49. The van der Waals surface area contributed by atoms with E-state index in [0.29, 0.717) is 16.3 Å². The molecular weight excluding hydrogens is 365 g/mol. The third-order valence-electron chi connectivity index (χ3n) is 4.23. The summed E-state index contributed by atoms with van der Waals surface area (Å²) in [7, 11) is 1.43. The van der Waals surface area contributed by atoms with Crippen LogP contribution in [0, 0.1) is 5.82 Å². The van der Waals surface area contributed by atoms with E-state index in [2.05, 4.69) is 10.4 Å². The van der Waals surface area contributed by atoms with Gasteiger partial charge in [0.2, 0.25) is 0 Å². The van der Waals surface area contributed by atoms with Crippen LogP contribution in [0.5, 0.6) is 0 Å². The quantitative estimate of drug-likeness (QED) is 0.682. The van der Waals surface area contributed by atoms with E-state index in [-0.39, 0.29) is 23.1 Å². The van der Waals surface area contributed by atoms with Crippen LogP contribution >= 0.6 is 0 Å². The Morgan fingerprint density at radius 1 is 1.14 bits per heavy atom. The van der Waals surface area contributed by atoms with Gasteiger partial charge in [-0.25, -0.2) is 13.9 Å². The minimum absolute atomic E-state index is 0.0444. The van der Waals surface area contributed by atoms with E-state index in [0.717, 1.165) is 4.68 Å². The number of halogens is 1. The Balaban J connectivity index is 1.68. The van der Waals surface area contributed by atoms with Crippen molar-refractivity contribution in [3.8, 4) is 0 Å². The van der Waals surface area contributed by atoms with Gasteiger partial charge in [0.25, 0.3) is 11.5 Å². The van der Waals surface area contributed by atoms with Crippen LogP contribution in [0.25, 0.3) is 10.8 Å². The highest BCUT2D eigenvalue weighted by Crippen LogP contribution is 2.15. The van der Waals surface area contributed by atoms with Gasteiger partial charge in [0.05, 0.1) is 11.4 Å². The summed E-state index contributed by atoms with van der Waals surface area (Å²) in [6, 6.07) is 11.9. The summed E-state index contributed by atoms with van der Waals surface area (Å²) in [5.41, 5.74) is 0.335. The number of nitrogens with one attached hydrogen (secondary N) is 1. The molecule has 1 heterocycles. The zero-order valence-electron chi connectivity index (χ0n) is 15.3. The SMILES string of the molecule is C[C@H](NC(=O)COC(=O)c1nn(C)c(=O)c2ccccc12)c1ccc(F)cc1. The molecule has 0 fully saturated rings. The highest BCUT2D eigenvalue weighted by atomic mass is 19.1. The Morgan fingerprint density at radius 3 is 2.46 bits per heavy atom. The predicted octanol–water partition coefficient (Wildman–Crippen LogP) is 2.11. The van der Waals surface area contributed by atoms with Crippen LogP contribution in [0.2, 0.25) is 0 Å². The lowest BCUT2D eigenvalue weighted by atomic mass is 10.1. The fourth-order valence-corrected chi connectivity index (χ4v) is 2.77. The summed E-state index contributed by atoms with van der Waals surface area (Å²) in [6.45, 7) is 1.22. The van der Waals surface area contributed by atoms with Crippen molar-refractivity contribution in [1.29, 1.82) is 0 Å². The van der Waals surface area contributed by atoms with Crippen LogP contribution in [0.15, 0.2) is 53.3 Å². The second-order valence-electron chi connectivity index (χ2n) is 6.24. The van der Waals surface area contributed by atoms with E-state index >= 15 is 0 Å². The average molecular weight is 383 g/mol. The predicted molar refractivity (Wildman–Crippen MR) is 100 cm³/mol. The van der Waals surface area contributed by atoms with Crippen LogP contribution < -0.4 is 10.9 Å². The van der Waals surface area contributed by atoms with Gasteiger partial charge in [0.1, 0.15) is 5.82 Å². The monoisotopic (exact) mass is 383 g/mol. The van der Waals surface area contributed by atoms with Crippen LogP contribution in [-0.4, -0.2) is 28.3 Å². The molecule has 8 heteroatoms. The summed E-state index contributed by atoms with van der Waals surface area (Å²) in [5.74, 6) is -1.69. The molecule has 0 bridgehead atoms. The maximum absolute atomic E-state index is 13.0. The molecule has 0 spiro atoms. The van der Waals surface area contributed by atoms with Crippen molar-refractivity contribution in [2.24, 2.45) is 7.05 Å². The Labute approximate surface area is 159 Å². The van der Waals surface area contributed by atoms with Crippen LogP contribution in [0.1, 0.15) is 29.0 Å². The van der Waals surface area contributed by atoms with Crippen LogP contribution in [0.4, 0.5) is 4.39 Å². The van der Waals surface area contributed by atoms with Gasteiger partial charge in [-0.2, -0.15) is 5.10 Å². The maximum atomic E-state index is 13.0. The summed E-state index contributed by atoms with van der Waals surface area (Å²) >= 11 is 0. The summed E-state index contributed by atoms with van der Waals surface area (Å²) in [6.07, 6.45) is 0. The average Bonchev–Trinajstić information content (AvgIpc) is 2.69. The number of nitrogens with zero attached hydrogens (tertiary/aromatic N) is 2. The molecular formula is C20H18FN3O4. The first-order chi connectivity index (χ1) is 13.4. The number of rotatable bonds is 5. The lowest BCUT2D eigenvalue weighted by Gasteiger charge is -2.14. The minimum atomic E-state index is -0.809. The molecule has 3 aromatic rings. The number of aromatic nitrogens is 2. The van der Waals surface area contributed by atoms with Gasteiger partial charge in [0.15, 0.2) is 12.3 Å². The molecule has 0 radical (unpaired) electrons. The zero-order chi connectivity index (χ0) is 20.3. The van der Waals surface area contributed by atoms with Crippen molar-refractivity contribution in [1.82, 2.24) is 15.1 Å². The Morgan fingerprint density at radius 2 is 1.79 bits per heavy atom. The fraction of sp³-hybridized carbons (Fsp3) is 0.200. The molecule has 0 aliphatic carbocycles. The van der Waals surface area contributed by atoms with Gasteiger partial charge in [0, 0.05) is 12.4 Å². The molecule has 7 nitrogen and oxygen atoms in total. The normalized spacial score (nSPS) is 11.8. The molecule has 3 rings (SSSR count). The van der Waals surface area contributed by atoms with Crippen molar-refractivity contribution < 1.29 is 18.7 Å². The van der Waals surface area contributed by atoms with Crippen molar-refractivity contribution in [2.75, 3.05) is 6.61 Å². The van der Waals surface area contributed by atoms with Crippen molar-refractivity contribution in [3.05, 3.63) is 76.0 Å². The zero-order valence-corrected chi connectivity index (χ0v) is 15.3. The van der Waals surface area contributed by atoms with E-state index in [4.69, 9.17) is 4.74 Å². The molecule has 28 heavy (non-hydrogen) atoms. The molecule has 0 saturated heterocycles. The number of hydrogen-bond acceptors (Lipinski definition) is 5. The molecule has 1 aromatic heterocycles. The smallest absolute Gasteiger partial charge is 0.359 e. The van der Waals surface area contributed by atoms with Crippen LogP contribution in [-0.2, 0) is 16.6 Å².